The predicted octanol–water partition coefficient (Wildman–Crippen LogP) is 10.2. The van der Waals surface area contributed by atoms with Crippen LogP contribution in [0.5, 0.6) is 0 Å². The second-order valence-electron chi connectivity index (χ2n) is 13.8. The van der Waals surface area contributed by atoms with Gasteiger partial charge in [-0.2, -0.15) is 0 Å². The molecule has 0 saturated carbocycles. The van der Waals surface area contributed by atoms with Crippen LogP contribution in [0, 0.1) is 0 Å². The summed E-state index contributed by atoms with van der Waals surface area (Å²) < 4.78 is 51.7. The van der Waals surface area contributed by atoms with Crippen LogP contribution >= 0.6 is 89.6 Å². The minimum Gasteiger partial charge on any atom is -0.330 e. The van der Waals surface area contributed by atoms with Gasteiger partial charge in [0.05, 0.1) is 38.8 Å². The van der Waals surface area contributed by atoms with Gasteiger partial charge in [0.15, 0.2) is 0 Å². The van der Waals surface area contributed by atoms with E-state index in [0.717, 1.165) is 71.1 Å². The number of hydrogen-bond acceptors (Lipinski definition) is 12. The van der Waals surface area contributed by atoms with Crippen molar-refractivity contribution in [2.45, 2.75) is 123 Å². The summed E-state index contributed by atoms with van der Waals surface area (Å²) in [4.78, 5) is 4.51. The first-order valence-electron chi connectivity index (χ1n) is 21.1. The molecule has 0 rings (SSSR count). The number of unbranched alkanes of at least 4 members (excludes halogenated alkanes) is 8. The Bertz CT molecular complexity index is 888. The highest BCUT2D eigenvalue weighted by molar-refractivity contribution is 7.54. The summed E-state index contributed by atoms with van der Waals surface area (Å²) in [7, 11) is -6.62. The molecule has 12 nitrogen and oxygen atoms in total. The molecule has 0 spiro atoms. The van der Waals surface area contributed by atoms with E-state index in [1.54, 1.807) is 0 Å². The minimum absolute atomic E-state index is 0. The largest absolute Gasteiger partial charge is 0.331 e. The molecule has 0 aromatic heterocycles. The Kier molecular flexibility index (Phi) is 70.1. The van der Waals surface area contributed by atoms with Crippen molar-refractivity contribution in [3.63, 3.8) is 0 Å². The maximum atomic E-state index is 13.9. The first-order valence-corrected chi connectivity index (χ1v) is 24.6. The van der Waals surface area contributed by atoms with Crippen LogP contribution < -0.4 is 22.9 Å². The molecule has 0 aliphatic carbocycles. The molecule has 20 heteroatoms. The van der Waals surface area contributed by atoms with Gasteiger partial charge in [0.2, 0.25) is 0 Å². The van der Waals surface area contributed by atoms with E-state index in [4.69, 9.17) is 41.0 Å². The summed E-state index contributed by atoms with van der Waals surface area (Å²) >= 11 is 0. The van der Waals surface area contributed by atoms with Crippen molar-refractivity contribution >= 4 is 89.6 Å². The Morgan fingerprint density at radius 2 is 0.695 bits per heavy atom. The first-order chi connectivity index (χ1) is 25.8. The highest BCUT2D eigenvalue weighted by atomic mass is 35.5. The molecule has 2 atom stereocenters. The SMILES string of the molecule is CCCCC/C=C\CCOP(=O)(CCN(CCCN)CCCN)OCCCCCOP(=O)(CCN(CCCN)CCCN)OCC/C=C\CCCCC.Cl.Cl.Cl.Cl.Cl.Cl. The lowest BCUT2D eigenvalue weighted by Gasteiger charge is -2.25. The van der Waals surface area contributed by atoms with Gasteiger partial charge < -0.3 is 50.8 Å². The Labute approximate surface area is 398 Å². The number of nitrogens with zero attached hydrogens (tertiary/aromatic N) is 2. The van der Waals surface area contributed by atoms with Gasteiger partial charge in [0.1, 0.15) is 0 Å². The van der Waals surface area contributed by atoms with E-state index in [0.29, 0.717) is 104 Å². The van der Waals surface area contributed by atoms with Gasteiger partial charge in [0.25, 0.3) is 0 Å². The Morgan fingerprint density at radius 3 is 1.00 bits per heavy atom. The van der Waals surface area contributed by atoms with Crippen LogP contribution in [0.4, 0.5) is 0 Å². The molecule has 0 amide bonds. The summed E-state index contributed by atoms with van der Waals surface area (Å²) in [5.74, 6) is 0. The average molecular weight is 1010 g/mol. The normalized spacial score (nSPS) is 13.2. The summed E-state index contributed by atoms with van der Waals surface area (Å²) in [5.41, 5.74) is 23.0. The van der Waals surface area contributed by atoms with E-state index >= 15 is 0 Å². The Balaban J connectivity index is -0.000000901. The van der Waals surface area contributed by atoms with Crippen LogP contribution in [-0.4, -0.2) is 114 Å². The third-order valence-corrected chi connectivity index (χ3v) is 12.7. The van der Waals surface area contributed by atoms with Gasteiger partial charge in [-0.1, -0.05) is 63.8 Å². The van der Waals surface area contributed by atoms with Crippen LogP contribution in [0.15, 0.2) is 24.3 Å². The number of rotatable bonds is 42. The summed E-state index contributed by atoms with van der Waals surface area (Å²) in [6.07, 6.45) is 25.7. The van der Waals surface area contributed by atoms with Crippen molar-refractivity contribution in [2.24, 2.45) is 22.9 Å². The van der Waals surface area contributed by atoms with Crippen LogP contribution in [0.25, 0.3) is 0 Å². The van der Waals surface area contributed by atoms with Gasteiger partial charge in [-0.05, 0) is 136 Å². The third-order valence-electron chi connectivity index (χ3n) is 8.89. The van der Waals surface area contributed by atoms with E-state index in [-0.39, 0.29) is 74.4 Å². The zero-order valence-corrected chi connectivity index (χ0v) is 43.3. The highest BCUT2D eigenvalue weighted by Crippen LogP contribution is 2.49. The monoisotopic (exact) mass is 1010 g/mol. The van der Waals surface area contributed by atoms with Crippen molar-refractivity contribution in [1.29, 1.82) is 0 Å². The topological polar surface area (TPSA) is 182 Å². The molecule has 0 aliphatic heterocycles. The van der Waals surface area contributed by atoms with E-state index in [9.17, 15) is 9.13 Å². The fourth-order valence-electron chi connectivity index (χ4n) is 5.59. The molecular weight excluding hydrogens is 923 g/mol. The molecule has 2 unspecified atom stereocenters. The lowest BCUT2D eigenvalue weighted by atomic mass is 10.2. The fourth-order valence-corrected chi connectivity index (χ4v) is 8.90. The zero-order valence-electron chi connectivity index (χ0n) is 36.6. The fraction of sp³-hybridized carbons (Fsp3) is 0.897. The molecule has 0 aromatic carbocycles. The molecule has 0 fully saturated rings. The van der Waals surface area contributed by atoms with E-state index < -0.39 is 15.2 Å². The van der Waals surface area contributed by atoms with Crippen LogP contribution in [0.2, 0.25) is 0 Å². The molecule has 0 bridgehead atoms. The second-order valence-corrected chi connectivity index (χ2v) is 18.2. The molecule has 0 radical (unpaired) electrons. The van der Waals surface area contributed by atoms with Crippen molar-refractivity contribution in [3.05, 3.63) is 24.3 Å². The van der Waals surface area contributed by atoms with Crippen molar-refractivity contribution in [2.75, 3.05) is 104 Å². The van der Waals surface area contributed by atoms with Gasteiger partial charge in [-0.25, -0.2) is 0 Å². The molecule has 0 aliphatic rings. The maximum absolute atomic E-state index is 13.9. The van der Waals surface area contributed by atoms with E-state index in [1.165, 1.54) is 38.5 Å². The van der Waals surface area contributed by atoms with Crippen LogP contribution in [0.3, 0.4) is 0 Å². The summed E-state index contributed by atoms with van der Waals surface area (Å²) in [5, 5.41) is 0. The van der Waals surface area contributed by atoms with Crippen molar-refractivity contribution < 1.29 is 27.2 Å². The number of hydrogen-bond donors (Lipinski definition) is 4. The Hall–Kier alpha value is 1.28. The van der Waals surface area contributed by atoms with E-state index in [1.807, 2.05) is 0 Å². The van der Waals surface area contributed by atoms with Gasteiger partial charge in [-0.15, -0.1) is 74.4 Å². The average Bonchev–Trinajstić information content (AvgIpc) is 3.16. The lowest BCUT2D eigenvalue weighted by molar-refractivity contribution is 0.188. The predicted molar refractivity (Wildman–Crippen MR) is 269 cm³/mol. The number of allylic oxidation sites excluding steroid dienone is 2. The molecule has 364 valence electrons. The Morgan fingerprint density at radius 1 is 0.390 bits per heavy atom. The quantitative estimate of drug-likeness (QED) is 0.0259. The lowest BCUT2D eigenvalue weighted by Crippen LogP contribution is -2.31. The number of nitrogens with two attached hydrogens (primary N) is 4. The standard InChI is InChI=1S/C39H84N6O6P2.6ClH/c1-3-5-7-9-11-13-16-34-48-52(46,38-32-44(28-20-24-40)29-21-25-41)50-36-18-15-19-37-51-53(47,49-35-17-14-12-10-8-6-4-2)39-33-45(30-22-26-42)31-23-27-43;;;;;;/h11-14H,3-10,15-43H2,1-2H3;6*1H/b13-11-,14-12-;;;;;;. The molecule has 59 heavy (non-hydrogen) atoms. The van der Waals surface area contributed by atoms with Crippen LogP contribution in [-0.2, 0) is 27.2 Å². The van der Waals surface area contributed by atoms with Crippen molar-refractivity contribution in [1.82, 2.24) is 9.80 Å². The van der Waals surface area contributed by atoms with Crippen LogP contribution in [0.1, 0.15) is 123 Å². The van der Waals surface area contributed by atoms with E-state index in [2.05, 4.69) is 48.0 Å². The minimum atomic E-state index is -3.31. The molecule has 0 aromatic rings. The highest BCUT2D eigenvalue weighted by Gasteiger charge is 2.27. The second kappa shape index (κ2) is 55.4. The molecule has 0 saturated heterocycles. The molecule has 0 heterocycles. The van der Waals surface area contributed by atoms with Crippen molar-refractivity contribution in [3.8, 4) is 0 Å². The zero-order chi connectivity index (χ0) is 39.1. The third kappa shape index (κ3) is 48.6. The molecular formula is C39H90Cl6N6O6P2. The van der Waals surface area contributed by atoms with Gasteiger partial charge in [-0.3, -0.25) is 9.13 Å². The summed E-state index contributed by atoms with van der Waals surface area (Å²) in [6, 6.07) is 0. The smallest absolute Gasteiger partial charge is 0.330 e. The summed E-state index contributed by atoms with van der Waals surface area (Å²) in [6.45, 7) is 12.8. The van der Waals surface area contributed by atoms with Gasteiger partial charge in [0, 0.05) is 13.1 Å². The van der Waals surface area contributed by atoms with Gasteiger partial charge >= 0.3 is 15.2 Å². The molecule has 8 N–H and O–H groups in total. The maximum Gasteiger partial charge on any atom is 0.331 e. The number of halogens is 6. The first kappa shape index (κ1) is 74.6.